The summed E-state index contributed by atoms with van der Waals surface area (Å²) in [5.41, 5.74) is 1.53. The number of fused-ring (bicyclic) bond motifs is 1. The molecule has 2 rings (SSSR count). The molecule has 2 N–H and O–H groups in total. The smallest absolute Gasteiger partial charge is 0.371 e. The minimum atomic E-state index is -1.08. The van der Waals surface area contributed by atoms with Crippen molar-refractivity contribution < 1.29 is 23.8 Å². The van der Waals surface area contributed by atoms with Gasteiger partial charge in [0.15, 0.2) is 0 Å². The number of hydrogen-bond acceptors (Lipinski definition) is 5. The number of carboxylic acids is 1. The highest BCUT2D eigenvalue weighted by atomic mass is 16.5. The third kappa shape index (κ3) is 4.06. The van der Waals surface area contributed by atoms with Crippen LogP contribution in [0.3, 0.4) is 0 Å². The Kier molecular flexibility index (Phi) is 4.94. The first-order valence-electron chi connectivity index (χ1n) is 6.72. The third-order valence-electron chi connectivity index (χ3n) is 2.93. The predicted octanol–water partition coefficient (Wildman–Crippen LogP) is 2.17. The zero-order chi connectivity index (χ0) is 15.2. The number of aromatic carboxylic acids is 1. The van der Waals surface area contributed by atoms with E-state index >= 15 is 0 Å². The summed E-state index contributed by atoms with van der Waals surface area (Å²) < 4.78 is 10.0. The highest BCUT2D eigenvalue weighted by molar-refractivity contribution is 5.91. The Labute approximate surface area is 121 Å². The Morgan fingerprint density at radius 1 is 1.33 bits per heavy atom. The van der Waals surface area contributed by atoms with Gasteiger partial charge in [0.2, 0.25) is 5.76 Å². The van der Waals surface area contributed by atoms with Gasteiger partial charge in [-0.05, 0) is 30.7 Å². The van der Waals surface area contributed by atoms with Crippen LogP contribution < -0.4 is 5.32 Å². The highest BCUT2D eigenvalue weighted by Crippen LogP contribution is 2.20. The molecule has 0 aliphatic heterocycles. The number of furan rings is 1. The van der Waals surface area contributed by atoms with E-state index in [1.54, 1.807) is 13.0 Å². The molecule has 21 heavy (non-hydrogen) atoms. The summed E-state index contributed by atoms with van der Waals surface area (Å²) in [6, 6.07) is 6.96. The van der Waals surface area contributed by atoms with Gasteiger partial charge in [0.1, 0.15) is 5.58 Å². The lowest BCUT2D eigenvalue weighted by Gasteiger charge is -2.05. The average molecular weight is 291 g/mol. The summed E-state index contributed by atoms with van der Waals surface area (Å²) in [5, 5.41) is 12.8. The number of esters is 1. The second kappa shape index (κ2) is 6.90. The van der Waals surface area contributed by atoms with E-state index in [-0.39, 0.29) is 11.7 Å². The molecule has 6 nitrogen and oxygen atoms in total. The van der Waals surface area contributed by atoms with Gasteiger partial charge in [-0.3, -0.25) is 4.79 Å². The van der Waals surface area contributed by atoms with Gasteiger partial charge in [-0.25, -0.2) is 4.79 Å². The molecular weight excluding hydrogens is 274 g/mol. The van der Waals surface area contributed by atoms with E-state index in [0.29, 0.717) is 31.7 Å². The molecule has 0 radical (unpaired) electrons. The topological polar surface area (TPSA) is 88.8 Å². The fourth-order valence-corrected chi connectivity index (χ4v) is 1.96. The first-order valence-corrected chi connectivity index (χ1v) is 6.72. The molecule has 1 aromatic heterocycles. The van der Waals surface area contributed by atoms with Crippen LogP contribution in [-0.2, 0) is 16.1 Å². The third-order valence-corrected chi connectivity index (χ3v) is 2.93. The second-order valence-electron chi connectivity index (χ2n) is 4.52. The summed E-state index contributed by atoms with van der Waals surface area (Å²) in [5.74, 6) is -1.38. The largest absolute Gasteiger partial charge is 0.475 e. The summed E-state index contributed by atoms with van der Waals surface area (Å²) in [4.78, 5) is 22.0. The molecule has 0 spiro atoms. The maximum atomic E-state index is 11.2. The lowest BCUT2D eigenvalue weighted by molar-refractivity contribution is -0.142. The Bertz CT molecular complexity index is 647. The fourth-order valence-electron chi connectivity index (χ4n) is 1.96. The molecule has 0 amide bonds. The molecule has 1 heterocycles. The van der Waals surface area contributed by atoms with Crippen LogP contribution >= 0.6 is 0 Å². The highest BCUT2D eigenvalue weighted by Gasteiger charge is 2.10. The molecule has 0 saturated carbocycles. The number of rotatable bonds is 7. The number of ether oxygens (including phenoxy) is 1. The average Bonchev–Trinajstić information content (AvgIpc) is 2.87. The molecule has 0 bridgehead atoms. The summed E-state index contributed by atoms with van der Waals surface area (Å²) in [7, 11) is 0. The lowest BCUT2D eigenvalue weighted by Crippen LogP contribution is -2.18. The molecule has 0 fully saturated rings. The standard InChI is InChI=1S/C15H17NO5/c1-2-20-14(17)5-6-16-9-10-3-4-12-11(7-10)8-13(21-12)15(18)19/h3-4,7-8,16H,2,5-6,9H2,1H3,(H,18,19). The Hall–Kier alpha value is -2.34. The monoisotopic (exact) mass is 291 g/mol. The quantitative estimate of drug-likeness (QED) is 0.600. The maximum Gasteiger partial charge on any atom is 0.371 e. The maximum absolute atomic E-state index is 11.2. The Morgan fingerprint density at radius 2 is 2.14 bits per heavy atom. The number of hydrogen-bond donors (Lipinski definition) is 2. The van der Waals surface area contributed by atoms with Crippen molar-refractivity contribution in [2.24, 2.45) is 0 Å². The van der Waals surface area contributed by atoms with Crippen molar-refractivity contribution in [1.29, 1.82) is 0 Å². The molecule has 0 unspecified atom stereocenters. The second-order valence-corrected chi connectivity index (χ2v) is 4.52. The van der Waals surface area contributed by atoms with Crippen LogP contribution in [-0.4, -0.2) is 30.2 Å². The summed E-state index contributed by atoms with van der Waals surface area (Å²) in [6.07, 6.45) is 0.324. The first kappa shape index (κ1) is 15.1. The van der Waals surface area contributed by atoms with Crippen molar-refractivity contribution >= 4 is 22.9 Å². The van der Waals surface area contributed by atoms with E-state index in [2.05, 4.69) is 5.32 Å². The number of carboxylic acid groups (broad SMARTS) is 1. The van der Waals surface area contributed by atoms with Gasteiger partial charge in [0.25, 0.3) is 0 Å². The molecule has 6 heteroatoms. The normalized spacial score (nSPS) is 10.7. The van der Waals surface area contributed by atoms with E-state index in [1.807, 2.05) is 12.1 Å². The van der Waals surface area contributed by atoms with Crippen LogP contribution in [0.1, 0.15) is 29.5 Å². The van der Waals surface area contributed by atoms with Gasteiger partial charge in [0.05, 0.1) is 13.0 Å². The minimum Gasteiger partial charge on any atom is -0.475 e. The van der Waals surface area contributed by atoms with Crippen molar-refractivity contribution in [3.8, 4) is 0 Å². The van der Waals surface area contributed by atoms with Crippen molar-refractivity contribution in [3.63, 3.8) is 0 Å². The molecule has 0 atom stereocenters. The zero-order valence-corrected chi connectivity index (χ0v) is 11.7. The van der Waals surface area contributed by atoms with Crippen LogP contribution in [0.2, 0.25) is 0 Å². The molecule has 0 aliphatic carbocycles. The van der Waals surface area contributed by atoms with E-state index in [4.69, 9.17) is 14.3 Å². The van der Waals surface area contributed by atoms with Gasteiger partial charge >= 0.3 is 11.9 Å². The van der Waals surface area contributed by atoms with E-state index < -0.39 is 5.97 Å². The molecule has 1 aromatic carbocycles. The summed E-state index contributed by atoms with van der Waals surface area (Å²) in [6.45, 7) is 3.28. The van der Waals surface area contributed by atoms with Gasteiger partial charge < -0.3 is 19.6 Å². The van der Waals surface area contributed by atoms with Crippen molar-refractivity contribution in [3.05, 3.63) is 35.6 Å². The van der Waals surface area contributed by atoms with Gasteiger partial charge in [0, 0.05) is 18.5 Å². The van der Waals surface area contributed by atoms with E-state index in [9.17, 15) is 9.59 Å². The first-order chi connectivity index (χ1) is 10.1. The number of nitrogens with one attached hydrogen (secondary N) is 1. The van der Waals surface area contributed by atoms with E-state index in [0.717, 1.165) is 10.9 Å². The summed E-state index contributed by atoms with van der Waals surface area (Å²) >= 11 is 0. The number of benzene rings is 1. The van der Waals surface area contributed by atoms with Crippen LogP contribution in [0.15, 0.2) is 28.7 Å². The number of carbonyl (C=O) groups is 2. The molecule has 0 aliphatic rings. The molecule has 2 aromatic rings. The van der Waals surface area contributed by atoms with Crippen LogP contribution in [0.4, 0.5) is 0 Å². The van der Waals surface area contributed by atoms with Gasteiger partial charge in [-0.15, -0.1) is 0 Å². The number of carbonyl (C=O) groups excluding carboxylic acids is 1. The van der Waals surface area contributed by atoms with Gasteiger partial charge in [-0.2, -0.15) is 0 Å². The zero-order valence-electron chi connectivity index (χ0n) is 11.7. The Morgan fingerprint density at radius 3 is 2.86 bits per heavy atom. The SMILES string of the molecule is CCOC(=O)CCNCc1ccc2oc(C(=O)O)cc2c1. The van der Waals surface area contributed by atoms with E-state index in [1.165, 1.54) is 6.07 Å². The molecule has 0 saturated heterocycles. The van der Waals surface area contributed by atoms with Crippen LogP contribution in [0.5, 0.6) is 0 Å². The van der Waals surface area contributed by atoms with Crippen molar-refractivity contribution in [1.82, 2.24) is 5.32 Å². The lowest BCUT2D eigenvalue weighted by atomic mass is 10.1. The van der Waals surface area contributed by atoms with Gasteiger partial charge in [-0.1, -0.05) is 6.07 Å². The fraction of sp³-hybridized carbons (Fsp3) is 0.333. The predicted molar refractivity (Wildman–Crippen MR) is 76.1 cm³/mol. The minimum absolute atomic E-state index is 0.0718. The van der Waals surface area contributed by atoms with Crippen LogP contribution in [0.25, 0.3) is 11.0 Å². The van der Waals surface area contributed by atoms with Crippen LogP contribution in [0, 0.1) is 0 Å². The van der Waals surface area contributed by atoms with Crippen molar-refractivity contribution in [2.75, 3.05) is 13.2 Å². The van der Waals surface area contributed by atoms with Crippen molar-refractivity contribution in [2.45, 2.75) is 19.9 Å². The Balaban J connectivity index is 1.90. The molecule has 112 valence electrons. The molecular formula is C15H17NO5.